The fourth-order valence-electron chi connectivity index (χ4n) is 2.69. The molecule has 2 amide bonds. The second-order valence-electron chi connectivity index (χ2n) is 6.18. The molecule has 1 atom stereocenters. The molecule has 1 N–H and O–H groups in total. The number of likely N-dealkylation sites (tertiary alicyclic amines) is 1. The van der Waals surface area contributed by atoms with Gasteiger partial charge in [0.15, 0.2) is 0 Å². The predicted octanol–water partition coefficient (Wildman–Crippen LogP) is 2.85. The van der Waals surface area contributed by atoms with Gasteiger partial charge in [-0.15, -0.1) is 0 Å². The number of piperidine rings is 1. The summed E-state index contributed by atoms with van der Waals surface area (Å²) in [5.74, 6) is -0.0402. The molecule has 6 heteroatoms. The predicted molar refractivity (Wildman–Crippen MR) is 93.0 cm³/mol. The number of likely N-dealkylation sites (N-methyl/N-ethyl adjacent to an activating group) is 1. The van der Waals surface area contributed by atoms with Crippen LogP contribution in [-0.2, 0) is 4.79 Å². The summed E-state index contributed by atoms with van der Waals surface area (Å²) in [5, 5.41) is 3.43. The zero-order valence-electron chi connectivity index (χ0n) is 13.9. The summed E-state index contributed by atoms with van der Waals surface area (Å²) < 4.78 is 0. The van der Waals surface area contributed by atoms with Crippen molar-refractivity contribution in [3.63, 3.8) is 0 Å². The van der Waals surface area contributed by atoms with E-state index in [2.05, 4.69) is 12.2 Å². The molecule has 1 fully saturated rings. The number of rotatable bonds is 4. The first-order valence-electron chi connectivity index (χ1n) is 7.94. The van der Waals surface area contributed by atoms with Gasteiger partial charge in [-0.1, -0.05) is 11.6 Å². The van der Waals surface area contributed by atoms with E-state index in [1.165, 1.54) is 11.3 Å². The maximum Gasteiger partial charge on any atom is 0.255 e. The van der Waals surface area contributed by atoms with Crippen LogP contribution in [0, 0.1) is 0 Å². The summed E-state index contributed by atoms with van der Waals surface area (Å²) in [6, 6.07) is 5.47. The highest BCUT2D eigenvalue weighted by Gasteiger charge is 2.25. The monoisotopic (exact) mass is 337 g/mol. The van der Waals surface area contributed by atoms with Crippen LogP contribution in [0.2, 0.25) is 5.02 Å². The number of hydrogen-bond donors (Lipinski definition) is 1. The van der Waals surface area contributed by atoms with Crippen LogP contribution in [0.5, 0.6) is 0 Å². The molecular weight excluding hydrogens is 314 g/mol. The van der Waals surface area contributed by atoms with E-state index in [-0.39, 0.29) is 24.4 Å². The zero-order chi connectivity index (χ0) is 17.0. The van der Waals surface area contributed by atoms with Gasteiger partial charge >= 0.3 is 0 Å². The third-order valence-corrected chi connectivity index (χ3v) is 4.52. The smallest absolute Gasteiger partial charge is 0.255 e. The lowest BCUT2D eigenvalue weighted by Gasteiger charge is -2.33. The number of hydrogen-bond acceptors (Lipinski definition) is 3. The van der Waals surface area contributed by atoms with Crippen LogP contribution in [0.25, 0.3) is 0 Å². The van der Waals surface area contributed by atoms with Crippen molar-refractivity contribution < 1.29 is 9.59 Å². The third kappa shape index (κ3) is 4.38. The second kappa shape index (κ2) is 7.68. The first-order chi connectivity index (χ1) is 10.9. The summed E-state index contributed by atoms with van der Waals surface area (Å²) in [7, 11) is 3.41. The molecule has 1 heterocycles. The molecule has 1 aliphatic heterocycles. The number of amides is 2. The average molecular weight is 338 g/mol. The van der Waals surface area contributed by atoms with Crippen LogP contribution in [-0.4, -0.2) is 54.8 Å². The summed E-state index contributed by atoms with van der Waals surface area (Å²) in [5.41, 5.74) is 1.25. The van der Waals surface area contributed by atoms with Crippen molar-refractivity contribution in [2.75, 3.05) is 32.5 Å². The number of halogens is 1. The van der Waals surface area contributed by atoms with Gasteiger partial charge in [0.1, 0.15) is 0 Å². The lowest BCUT2D eigenvalue weighted by atomic mass is 10.0. The van der Waals surface area contributed by atoms with Crippen LogP contribution in [0.4, 0.5) is 5.69 Å². The Morgan fingerprint density at radius 1 is 1.35 bits per heavy atom. The number of benzene rings is 1. The molecule has 23 heavy (non-hydrogen) atoms. The van der Waals surface area contributed by atoms with Crippen LogP contribution in [0.3, 0.4) is 0 Å². The Balaban J connectivity index is 2.06. The lowest BCUT2D eigenvalue weighted by molar-refractivity contribution is -0.126. The molecular formula is C17H24ClN3O2. The molecule has 0 bridgehead atoms. The van der Waals surface area contributed by atoms with E-state index in [4.69, 9.17) is 11.6 Å². The van der Waals surface area contributed by atoms with Crippen molar-refractivity contribution >= 4 is 29.1 Å². The van der Waals surface area contributed by atoms with Gasteiger partial charge in [-0.25, -0.2) is 0 Å². The van der Waals surface area contributed by atoms with E-state index in [9.17, 15) is 9.59 Å². The third-order valence-electron chi connectivity index (χ3n) is 4.21. The highest BCUT2D eigenvalue weighted by Crippen LogP contribution is 2.25. The van der Waals surface area contributed by atoms with Gasteiger partial charge in [-0.05, 0) is 44.4 Å². The van der Waals surface area contributed by atoms with Crippen LogP contribution in [0.15, 0.2) is 18.2 Å². The number of carbonyl (C=O) groups is 2. The van der Waals surface area contributed by atoms with E-state index >= 15 is 0 Å². The molecule has 0 saturated carbocycles. The van der Waals surface area contributed by atoms with E-state index in [1.54, 1.807) is 32.3 Å². The Morgan fingerprint density at radius 3 is 2.70 bits per heavy atom. The normalized spacial score (nSPS) is 17.7. The second-order valence-corrected chi connectivity index (χ2v) is 6.59. The highest BCUT2D eigenvalue weighted by atomic mass is 35.5. The van der Waals surface area contributed by atoms with E-state index in [1.807, 2.05) is 4.90 Å². The van der Waals surface area contributed by atoms with Gasteiger partial charge in [-0.3, -0.25) is 9.59 Å². The van der Waals surface area contributed by atoms with Gasteiger partial charge in [0, 0.05) is 32.4 Å². The maximum atomic E-state index is 12.7. The topological polar surface area (TPSA) is 52.7 Å². The van der Waals surface area contributed by atoms with Gasteiger partial charge in [0.25, 0.3) is 5.91 Å². The SMILES string of the molecule is CC1CCCCN1C(=O)c1ccc(NCC(=O)N(C)C)cc1Cl. The molecule has 0 radical (unpaired) electrons. The summed E-state index contributed by atoms with van der Waals surface area (Å²) in [4.78, 5) is 27.7. The van der Waals surface area contributed by atoms with Crippen LogP contribution in [0.1, 0.15) is 36.5 Å². The van der Waals surface area contributed by atoms with Gasteiger partial charge < -0.3 is 15.1 Å². The highest BCUT2D eigenvalue weighted by molar-refractivity contribution is 6.34. The van der Waals surface area contributed by atoms with Crippen molar-refractivity contribution in [2.45, 2.75) is 32.2 Å². The first kappa shape index (κ1) is 17.6. The molecule has 0 aliphatic carbocycles. The fraction of sp³-hybridized carbons (Fsp3) is 0.529. The Bertz CT molecular complexity index is 589. The molecule has 126 valence electrons. The molecule has 2 rings (SSSR count). The molecule has 1 saturated heterocycles. The minimum absolute atomic E-state index is 0.0156. The molecule has 1 aromatic carbocycles. The molecule has 1 aliphatic rings. The average Bonchev–Trinajstić information content (AvgIpc) is 2.52. The molecule has 0 aromatic heterocycles. The fourth-order valence-corrected chi connectivity index (χ4v) is 2.95. The minimum atomic E-state index is -0.0246. The molecule has 5 nitrogen and oxygen atoms in total. The minimum Gasteiger partial charge on any atom is -0.376 e. The molecule has 1 aromatic rings. The Morgan fingerprint density at radius 2 is 2.09 bits per heavy atom. The van der Waals surface area contributed by atoms with Gasteiger partial charge in [0.2, 0.25) is 5.91 Å². The standard InChI is InChI=1S/C17H24ClN3O2/c1-12-6-4-5-9-21(12)17(23)14-8-7-13(10-15(14)18)19-11-16(22)20(2)3/h7-8,10,12,19H,4-6,9,11H2,1-3H3. The summed E-state index contributed by atoms with van der Waals surface area (Å²) >= 11 is 6.29. The Labute approximate surface area is 142 Å². The quantitative estimate of drug-likeness (QED) is 0.919. The van der Waals surface area contributed by atoms with E-state index < -0.39 is 0 Å². The number of nitrogens with zero attached hydrogens (tertiary/aromatic N) is 2. The van der Waals surface area contributed by atoms with Crippen molar-refractivity contribution in [1.29, 1.82) is 0 Å². The molecule has 0 spiro atoms. The maximum absolute atomic E-state index is 12.7. The van der Waals surface area contributed by atoms with Crippen LogP contribution >= 0.6 is 11.6 Å². The van der Waals surface area contributed by atoms with Gasteiger partial charge in [-0.2, -0.15) is 0 Å². The van der Waals surface area contributed by atoms with Gasteiger partial charge in [0.05, 0.1) is 17.1 Å². The van der Waals surface area contributed by atoms with Crippen LogP contribution < -0.4 is 5.32 Å². The molecule has 1 unspecified atom stereocenters. The zero-order valence-corrected chi connectivity index (χ0v) is 14.7. The Kier molecular flexibility index (Phi) is 5.88. The van der Waals surface area contributed by atoms with Crippen molar-refractivity contribution in [3.8, 4) is 0 Å². The Hall–Kier alpha value is -1.75. The largest absolute Gasteiger partial charge is 0.376 e. The lowest BCUT2D eigenvalue weighted by Crippen LogP contribution is -2.42. The van der Waals surface area contributed by atoms with Crippen molar-refractivity contribution in [3.05, 3.63) is 28.8 Å². The van der Waals surface area contributed by atoms with E-state index in [0.717, 1.165) is 25.1 Å². The number of nitrogens with one attached hydrogen (secondary N) is 1. The van der Waals surface area contributed by atoms with Crippen molar-refractivity contribution in [2.24, 2.45) is 0 Å². The number of anilines is 1. The van der Waals surface area contributed by atoms with E-state index in [0.29, 0.717) is 10.6 Å². The first-order valence-corrected chi connectivity index (χ1v) is 8.32. The summed E-state index contributed by atoms with van der Waals surface area (Å²) in [6.45, 7) is 3.06. The number of carbonyl (C=O) groups excluding carboxylic acids is 2. The summed E-state index contributed by atoms with van der Waals surface area (Å²) in [6.07, 6.45) is 3.25. The van der Waals surface area contributed by atoms with Crippen molar-refractivity contribution in [1.82, 2.24) is 9.80 Å².